The van der Waals surface area contributed by atoms with Crippen LogP contribution >= 0.6 is 0 Å². The number of carbonyl (C=O) groups excluding carboxylic acids is 1. The predicted octanol–water partition coefficient (Wildman–Crippen LogP) is 2.46. The zero-order valence-electron chi connectivity index (χ0n) is 11.9. The van der Waals surface area contributed by atoms with Gasteiger partial charge in [-0.25, -0.2) is 0 Å². The van der Waals surface area contributed by atoms with Crippen LogP contribution in [0.15, 0.2) is 0 Å². The topological polar surface area (TPSA) is 41.1 Å². The molecule has 3 unspecified atom stereocenters. The highest BCUT2D eigenvalue weighted by Crippen LogP contribution is 2.30. The van der Waals surface area contributed by atoms with Gasteiger partial charge >= 0.3 is 0 Å². The number of carbonyl (C=O) groups is 1. The monoisotopic (exact) mass is 252 g/mol. The van der Waals surface area contributed by atoms with E-state index in [0.717, 1.165) is 31.7 Å². The summed E-state index contributed by atoms with van der Waals surface area (Å²) >= 11 is 0. The molecule has 0 spiro atoms. The van der Waals surface area contributed by atoms with Gasteiger partial charge in [-0.05, 0) is 38.6 Å². The Morgan fingerprint density at radius 2 is 2.06 bits per heavy atom. The number of rotatable bonds is 4. The van der Waals surface area contributed by atoms with Crippen molar-refractivity contribution >= 4 is 5.91 Å². The Labute approximate surface area is 111 Å². The van der Waals surface area contributed by atoms with Gasteiger partial charge in [-0.2, -0.15) is 0 Å². The first-order valence-corrected chi connectivity index (χ1v) is 7.69. The van der Waals surface area contributed by atoms with Gasteiger partial charge in [0.15, 0.2) is 0 Å². The van der Waals surface area contributed by atoms with Crippen LogP contribution in [0.4, 0.5) is 0 Å². The summed E-state index contributed by atoms with van der Waals surface area (Å²) in [6.45, 7) is 5.32. The van der Waals surface area contributed by atoms with Gasteiger partial charge in [0.2, 0.25) is 5.91 Å². The molecular weight excluding hydrogens is 224 g/mol. The van der Waals surface area contributed by atoms with Crippen LogP contribution in [0.1, 0.15) is 58.8 Å². The Bertz CT molecular complexity index is 274. The molecule has 1 aliphatic heterocycles. The van der Waals surface area contributed by atoms with E-state index in [1.807, 2.05) is 0 Å². The third-order valence-electron chi connectivity index (χ3n) is 4.58. The summed E-state index contributed by atoms with van der Waals surface area (Å²) in [6.07, 6.45) is 8.64. The molecule has 3 heteroatoms. The molecule has 1 heterocycles. The van der Waals surface area contributed by atoms with Crippen LogP contribution in [0, 0.1) is 11.8 Å². The molecule has 1 saturated heterocycles. The Morgan fingerprint density at radius 3 is 2.72 bits per heavy atom. The number of piperidine rings is 1. The van der Waals surface area contributed by atoms with Crippen molar-refractivity contribution in [3.05, 3.63) is 0 Å². The smallest absolute Gasteiger partial charge is 0.223 e. The summed E-state index contributed by atoms with van der Waals surface area (Å²) in [4.78, 5) is 12.2. The van der Waals surface area contributed by atoms with E-state index in [1.54, 1.807) is 0 Å². The van der Waals surface area contributed by atoms with Crippen molar-refractivity contribution < 1.29 is 4.79 Å². The van der Waals surface area contributed by atoms with Crippen LogP contribution in [0.25, 0.3) is 0 Å². The second kappa shape index (κ2) is 6.55. The van der Waals surface area contributed by atoms with Crippen LogP contribution in [0.2, 0.25) is 0 Å². The molecule has 2 fully saturated rings. The second-order valence-corrected chi connectivity index (χ2v) is 6.37. The van der Waals surface area contributed by atoms with Crippen LogP contribution in [0.3, 0.4) is 0 Å². The zero-order chi connectivity index (χ0) is 13.0. The molecule has 0 radical (unpaired) electrons. The lowest BCUT2D eigenvalue weighted by Gasteiger charge is -2.29. The van der Waals surface area contributed by atoms with Crippen molar-refractivity contribution in [2.75, 3.05) is 6.54 Å². The first-order chi connectivity index (χ1) is 8.65. The molecule has 0 aromatic rings. The summed E-state index contributed by atoms with van der Waals surface area (Å²) in [7, 11) is 0. The van der Waals surface area contributed by atoms with Gasteiger partial charge in [-0.3, -0.25) is 4.79 Å². The Kier molecular flexibility index (Phi) is 5.04. The van der Waals surface area contributed by atoms with Crippen molar-refractivity contribution in [1.29, 1.82) is 0 Å². The average Bonchev–Trinajstić information content (AvgIpc) is 2.81. The minimum atomic E-state index is 0.193. The maximum Gasteiger partial charge on any atom is 0.223 e. The molecule has 2 rings (SSSR count). The van der Waals surface area contributed by atoms with Gasteiger partial charge in [0.1, 0.15) is 0 Å². The van der Waals surface area contributed by atoms with Crippen LogP contribution < -0.4 is 10.6 Å². The third-order valence-corrected chi connectivity index (χ3v) is 4.58. The van der Waals surface area contributed by atoms with Crippen molar-refractivity contribution in [1.82, 2.24) is 10.6 Å². The second-order valence-electron chi connectivity index (χ2n) is 6.37. The van der Waals surface area contributed by atoms with E-state index in [9.17, 15) is 4.79 Å². The first kappa shape index (κ1) is 13.9. The van der Waals surface area contributed by atoms with Crippen molar-refractivity contribution in [2.24, 2.45) is 11.8 Å². The van der Waals surface area contributed by atoms with Crippen molar-refractivity contribution in [3.63, 3.8) is 0 Å². The predicted molar refractivity (Wildman–Crippen MR) is 74.4 cm³/mol. The standard InChI is InChI=1S/C15H28N2O/c1-11(9-13-5-3-4-6-13)15(18)17-14-7-8-16-12(2)10-14/h11-14,16H,3-10H2,1-2H3,(H,17,18). The largest absolute Gasteiger partial charge is 0.353 e. The van der Waals surface area contributed by atoms with Crippen molar-refractivity contribution in [2.45, 2.75) is 70.9 Å². The molecule has 0 aromatic heterocycles. The molecule has 3 atom stereocenters. The Balaban J connectivity index is 1.72. The minimum absolute atomic E-state index is 0.193. The van der Waals surface area contributed by atoms with E-state index in [1.165, 1.54) is 25.7 Å². The fourth-order valence-corrected chi connectivity index (χ4v) is 3.46. The zero-order valence-corrected chi connectivity index (χ0v) is 11.9. The van der Waals surface area contributed by atoms with E-state index >= 15 is 0 Å². The van der Waals surface area contributed by atoms with E-state index in [2.05, 4.69) is 24.5 Å². The number of nitrogens with one attached hydrogen (secondary N) is 2. The highest BCUT2D eigenvalue weighted by atomic mass is 16.1. The SMILES string of the molecule is CC1CC(NC(=O)C(C)CC2CCCC2)CCN1. The average molecular weight is 252 g/mol. The third kappa shape index (κ3) is 3.98. The summed E-state index contributed by atoms with van der Waals surface area (Å²) < 4.78 is 0. The van der Waals surface area contributed by atoms with E-state index in [4.69, 9.17) is 0 Å². The molecule has 0 bridgehead atoms. The highest BCUT2D eigenvalue weighted by molar-refractivity contribution is 5.78. The van der Waals surface area contributed by atoms with Gasteiger partial charge in [0.05, 0.1) is 0 Å². The quantitative estimate of drug-likeness (QED) is 0.807. The number of amides is 1. The summed E-state index contributed by atoms with van der Waals surface area (Å²) in [6, 6.07) is 0.925. The lowest BCUT2D eigenvalue weighted by atomic mass is 9.93. The molecule has 2 N–H and O–H groups in total. The molecule has 0 aromatic carbocycles. The normalized spacial score (nSPS) is 31.2. The van der Waals surface area contributed by atoms with Crippen LogP contribution in [-0.2, 0) is 4.79 Å². The molecule has 1 amide bonds. The lowest BCUT2D eigenvalue weighted by Crippen LogP contribution is -2.47. The molecule has 18 heavy (non-hydrogen) atoms. The fourth-order valence-electron chi connectivity index (χ4n) is 3.46. The van der Waals surface area contributed by atoms with E-state index < -0.39 is 0 Å². The summed E-state index contributed by atoms with van der Waals surface area (Å²) in [5.74, 6) is 1.27. The van der Waals surface area contributed by atoms with E-state index in [-0.39, 0.29) is 11.8 Å². The summed E-state index contributed by atoms with van der Waals surface area (Å²) in [5, 5.41) is 6.67. The fraction of sp³-hybridized carbons (Fsp3) is 0.933. The molecule has 3 nitrogen and oxygen atoms in total. The van der Waals surface area contributed by atoms with Gasteiger partial charge in [0.25, 0.3) is 0 Å². The molecule has 2 aliphatic rings. The Hall–Kier alpha value is -0.570. The van der Waals surface area contributed by atoms with Crippen LogP contribution in [0.5, 0.6) is 0 Å². The first-order valence-electron chi connectivity index (χ1n) is 7.69. The maximum absolute atomic E-state index is 12.2. The number of hydrogen-bond donors (Lipinski definition) is 2. The Morgan fingerprint density at radius 1 is 1.33 bits per heavy atom. The minimum Gasteiger partial charge on any atom is -0.353 e. The molecule has 1 aliphatic carbocycles. The van der Waals surface area contributed by atoms with Gasteiger partial charge < -0.3 is 10.6 Å². The van der Waals surface area contributed by atoms with Gasteiger partial charge in [-0.1, -0.05) is 32.6 Å². The molecule has 104 valence electrons. The van der Waals surface area contributed by atoms with E-state index in [0.29, 0.717) is 12.1 Å². The molecular formula is C15H28N2O. The van der Waals surface area contributed by atoms with Crippen molar-refractivity contribution in [3.8, 4) is 0 Å². The van der Waals surface area contributed by atoms with Gasteiger partial charge in [-0.15, -0.1) is 0 Å². The lowest BCUT2D eigenvalue weighted by molar-refractivity contribution is -0.126. The van der Waals surface area contributed by atoms with Gasteiger partial charge in [0, 0.05) is 18.0 Å². The summed E-state index contributed by atoms with van der Waals surface area (Å²) in [5.41, 5.74) is 0. The maximum atomic E-state index is 12.2. The highest BCUT2D eigenvalue weighted by Gasteiger charge is 2.25. The number of hydrogen-bond acceptors (Lipinski definition) is 2. The van der Waals surface area contributed by atoms with Crippen LogP contribution in [-0.4, -0.2) is 24.5 Å². The molecule has 1 saturated carbocycles.